The van der Waals surface area contributed by atoms with E-state index in [9.17, 15) is 4.79 Å². The molecule has 0 saturated heterocycles. The molecule has 124 valence electrons. The number of thiophene rings is 1. The molecule has 1 aromatic carbocycles. The molecular formula is C17H18N4O2S. The second-order valence-corrected chi connectivity index (χ2v) is 6.95. The van der Waals surface area contributed by atoms with E-state index in [4.69, 9.17) is 4.52 Å². The molecule has 0 fully saturated rings. The van der Waals surface area contributed by atoms with Gasteiger partial charge in [0.2, 0.25) is 5.82 Å². The number of hydrogen-bond acceptors (Lipinski definition) is 5. The SMILES string of the molecule is Cc1ccc(-c2nc(-c3ccc(NC(=O)NC(C)C)cc3)no2)s1. The van der Waals surface area contributed by atoms with Gasteiger partial charge in [0.25, 0.3) is 5.89 Å². The molecule has 0 radical (unpaired) electrons. The lowest BCUT2D eigenvalue weighted by atomic mass is 10.2. The van der Waals surface area contributed by atoms with Crippen LogP contribution in [0.5, 0.6) is 0 Å². The first-order valence-corrected chi connectivity index (χ1v) is 8.41. The van der Waals surface area contributed by atoms with Gasteiger partial charge in [-0.15, -0.1) is 11.3 Å². The molecule has 2 N–H and O–H groups in total. The lowest BCUT2D eigenvalue weighted by Gasteiger charge is -2.10. The van der Waals surface area contributed by atoms with Crippen molar-refractivity contribution in [3.63, 3.8) is 0 Å². The maximum absolute atomic E-state index is 11.7. The van der Waals surface area contributed by atoms with E-state index in [0.717, 1.165) is 10.4 Å². The van der Waals surface area contributed by atoms with Gasteiger partial charge >= 0.3 is 6.03 Å². The fourth-order valence-corrected chi connectivity index (χ4v) is 2.91. The number of aromatic nitrogens is 2. The molecule has 0 aliphatic rings. The minimum Gasteiger partial charge on any atom is -0.336 e. The van der Waals surface area contributed by atoms with Crippen LogP contribution < -0.4 is 10.6 Å². The molecule has 0 aliphatic heterocycles. The van der Waals surface area contributed by atoms with E-state index >= 15 is 0 Å². The second-order valence-electron chi connectivity index (χ2n) is 5.66. The molecule has 2 amide bonds. The van der Waals surface area contributed by atoms with Crippen LogP contribution in [0, 0.1) is 6.92 Å². The van der Waals surface area contributed by atoms with E-state index < -0.39 is 0 Å². The van der Waals surface area contributed by atoms with Gasteiger partial charge in [0.1, 0.15) is 0 Å². The van der Waals surface area contributed by atoms with Crippen molar-refractivity contribution in [2.75, 3.05) is 5.32 Å². The second kappa shape index (κ2) is 6.84. The fourth-order valence-electron chi connectivity index (χ4n) is 2.12. The van der Waals surface area contributed by atoms with Crippen LogP contribution in [0.3, 0.4) is 0 Å². The van der Waals surface area contributed by atoms with Crippen LogP contribution >= 0.6 is 11.3 Å². The number of anilines is 1. The molecule has 2 aromatic heterocycles. The Labute approximate surface area is 143 Å². The Morgan fingerprint density at radius 1 is 1.17 bits per heavy atom. The van der Waals surface area contributed by atoms with Crippen LogP contribution in [0.1, 0.15) is 18.7 Å². The molecule has 0 atom stereocenters. The lowest BCUT2D eigenvalue weighted by molar-refractivity contribution is 0.250. The van der Waals surface area contributed by atoms with Crippen LogP contribution in [0.2, 0.25) is 0 Å². The summed E-state index contributed by atoms with van der Waals surface area (Å²) >= 11 is 1.61. The highest BCUT2D eigenvalue weighted by Gasteiger charge is 2.12. The number of nitrogens with one attached hydrogen (secondary N) is 2. The summed E-state index contributed by atoms with van der Waals surface area (Å²) in [6, 6.07) is 11.2. The van der Waals surface area contributed by atoms with E-state index in [1.807, 2.05) is 45.0 Å². The number of hydrogen-bond donors (Lipinski definition) is 2. The minimum absolute atomic E-state index is 0.0860. The van der Waals surface area contributed by atoms with Gasteiger partial charge in [-0.1, -0.05) is 5.16 Å². The van der Waals surface area contributed by atoms with Gasteiger partial charge in [-0.25, -0.2) is 4.79 Å². The Hall–Kier alpha value is -2.67. The molecule has 24 heavy (non-hydrogen) atoms. The molecule has 2 heterocycles. The van der Waals surface area contributed by atoms with Gasteiger partial charge in [0.05, 0.1) is 4.88 Å². The zero-order chi connectivity index (χ0) is 17.1. The minimum atomic E-state index is -0.229. The van der Waals surface area contributed by atoms with Crippen LogP contribution in [0.15, 0.2) is 40.9 Å². The van der Waals surface area contributed by atoms with Crippen molar-refractivity contribution in [2.45, 2.75) is 26.8 Å². The summed E-state index contributed by atoms with van der Waals surface area (Å²) in [6.07, 6.45) is 0. The van der Waals surface area contributed by atoms with Gasteiger partial charge in [-0.3, -0.25) is 0 Å². The van der Waals surface area contributed by atoms with Crippen molar-refractivity contribution in [2.24, 2.45) is 0 Å². The maximum Gasteiger partial charge on any atom is 0.319 e. The number of aryl methyl sites for hydroxylation is 1. The van der Waals surface area contributed by atoms with E-state index in [0.29, 0.717) is 17.4 Å². The number of nitrogens with zero attached hydrogens (tertiary/aromatic N) is 2. The predicted octanol–water partition coefficient (Wildman–Crippen LogP) is 4.30. The van der Waals surface area contributed by atoms with Crippen LogP contribution in [0.25, 0.3) is 22.2 Å². The van der Waals surface area contributed by atoms with Crippen molar-refractivity contribution in [3.8, 4) is 22.2 Å². The highest BCUT2D eigenvalue weighted by Crippen LogP contribution is 2.28. The van der Waals surface area contributed by atoms with Crippen molar-refractivity contribution < 1.29 is 9.32 Å². The molecule has 0 bridgehead atoms. The monoisotopic (exact) mass is 342 g/mol. The Morgan fingerprint density at radius 3 is 2.54 bits per heavy atom. The summed E-state index contributed by atoms with van der Waals surface area (Å²) in [7, 11) is 0. The first-order chi connectivity index (χ1) is 11.5. The van der Waals surface area contributed by atoms with Crippen molar-refractivity contribution >= 4 is 23.1 Å². The van der Waals surface area contributed by atoms with Gasteiger partial charge in [-0.2, -0.15) is 4.98 Å². The highest BCUT2D eigenvalue weighted by molar-refractivity contribution is 7.15. The Kier molecular flexibility index (Phi) is 4.61. The average Bonchev–Trinajstić information content (AvgIpc) is 3.16. The highest BCUT2D eigenvalue weighted by atomic mass is 32.1. The normalized spacial score (nSPS) is 10.8. The van der Waals surface area contributed by atoms with Gasteiger partial charge in [0, 0.05) is 22.2 Å². The van der Waals surface area contributed by atoms with Crippen molar-refractivity contribution in [1.29, 1.82) is 0 Å². The summed E-state index contributed by atoms with van der Waals surface area (Å²) in [6.45, 7) is 5.85. The molecule has 0 unspecified atom stereocenters. The third-order valence-electron chi connectivity index (χ3n) is 3.20. The number of carbonyl (C=O) groups excluding carboxylic acids is 1. The Bertz CT molecular complexity index is 836. The molecule has 0 aliphatic carbocycles. The summed E-state index contributed by atoms with van der Waals surface area (Å²) < 4.78 is 5.33. The molecule has 3 rings (SSSR count). The van der Waals surface area contributed by atoms with Crippen molar-refractivity contribution in [1.82, 2.24) is 15.5 Å². The molecule has 0 spiro atoms. The van der Waals surface area contributed by atoms with Crippen LogP contribution in [-0.2, 0) is 0 Å². The van der Waals surface area contributed by atoms with Gasteiger partial charge < -0.3 is 15.2 Å². The van der Waals surface area contributed by atoms with Crippen molar-refractivity contribution in [3.05, 3.63) is 41.3 Å². The Morgan fingerprint density at radius 2 is 1.92 bits per heavy atom. The van der Waals surface area contributed by atoms with E-state index in [1.165, 1.54) is 4.88 Å². The fraction of sp³-hybridized carbons (Fsp3) is 0.235. The molecular weight excluding hydrogens is 324 g/mol. The maximum atomic E-state index is 11.7. The average molecular weight is 342 g/mol. The van der Waals surface area contributed by atoms with Crippen LogP contribution in [-0.4, -0.2) is 22.2 Å². The summed E-state index contributed by atoms with van der Waals surface area (Å²) in [4.78, 5) is 18.3. The lowest BCUT2D eigenvalue weighted by Crippen LogP contribution is -2.34. The zero-order valence-corrected chi connectivity index (χ0v) is 14.5. The molecule has 7 heteroatoms. The molecule has 6 nitrogen and oxygen atoms in total. The van der Waals surface area contributed by atoms with E-state index in [-0.39, 0.29) is 12.1 Å². The number of rotatable bonds is 4. The standard InChI is InChI=1S/C17H18N4O2S/c1-10(2)18-17(22)19-13-7-5-12(6-8-13)15-20-16(23-21-15)14-9-4-11(3)24-14/h4-10H,1-3H3,(H2,18,19,22). The third kappa shape index (κ3) is 3.80. The largest absolute Gasteiger partial charge is 0.336 e. The van der Waals surface area contributed by atoms with Crippen LogP contribution in [0.4, 0.5) is 10.5 Å². The quantitative estimate of drug-likeness (QED) is 0.740. The summed E-state index contributed by atoms with van der Waals surface area (Å²) in [5, 5.41) is 9.57. The molecule has 3 aromatic rings. The topological polar surface area (TPSA) is 80.0 Å². The van der Waals surface area contributed by atoms with Gasteiger partial charge in [-0.05, 0) is 57.2 Å². The first-order valence-electron chi connectivity index (χ1n) is 7.60. The Balaban J connectivity index is 1.72. The number of urea groups is 1. The van der Waals surface area contributed by atoms with E-state index in [1.54, 1.807) is 23.5 Å². The van der Waals surface area contributed by atoms with Gasteiger partial charge in [0.15, 0.2) is 0 Å². The first kappa shape index (κ1) is 16.2. The zero-order valence-electron chi connectivity index (χ0n) is 13.7. The summed E-state index contributed by atoms with van der Waals surface area (Å²) in [5.74, 6) is 1.04. The number of carbonyl (C=O) groups is 1. The predicted molar refractivity (Wildman–Crippen MR) is 95.1 cm³/mol. The third-order valence-corrected chi connectivity index (χ3v) is 4.19. The number of benzene rings is 1. The smallest absolute Gasteiger partial charge is 0.319 e. The summed E-state index contributed by atoms with van der Waals surface area (Å²) in [5.41, 5.74) is 1.53. The number of amides is 2. The van der Waals surface area contributed by atoms with E-state index in [2.05, 4.69) is 20.8 Å². The molecule has 0 saturated carbocycles.